The quantitative estimate of drug-likeness (QED) is 0.909. The number of carbonyl (C=O) groups excluding carboxylic acids is 1. The number of halogens is 1. The van der Waals surface area contributed by atoms with E-state index in [2.05, 4.69) is 15.3 Å². The summed E-state index contributed by atoms with van der Waals surface area (Å²) in [6.45, 7) is 7.24. The van der Waals surface area contributed by atoms with Gasteiger partial charge in [-0.1, -0.05) is 6.07 Å². The SMILES string of the molecule is Cc1nccc(C(=O)NCc2ccc(N3CC(C)OC(C)C3)c(F)c2)n1. The minimum Gasteiger partial charge on any atom is -0.372 e. The van der Waals surface area contributed by atoms with Crippen LogP contribution < -0.4 is 10.2 Å². The number of aryl methyl sites for hydroxylation is 1. The summed E-state index contributed by atoms with van der Waals surface area (Å²) in [5, 5.41) is 2.75. The van der Waals surface area contributed by atoms with E-state index >= 15 is 0 Å². The fourth-order valence-electron chi connectivity index (χ4n) is 3.15. The van der Waals surface area contributed by atoms with E-state index in [0.29, 0.717) is 35.9 Å². The van der Waals surface area contributed by atoms with Gasteiger partial charge in [0, 0.05) is 25.8 Å². The number of morpholine rings is 1. The smallest absolute Gasteiger partial charge is 0.270 e. The van der Waals surface area contributed by atoms with Crippen molar-refractivity contribution in [1.29, 1.82) is 0 Å². The van der Waals surface area contributed by atoms with E-state index in [9.17, 15) is 9.18 Å². The summed E-state index contributed by atoms with van der Waals surface area (Å²) in [5.41, 5.74) is 1.55. The molecule has 3 rings (SSSR count). The average Bonchev–Trinajstić information content (AvgIpc) is 2.59. The molecule has 0 aliphatic carbocycles. The van der Waals surface area contributed by atoms with Gasteiger partial charge in [0.15, 0.2) is 0 Å². The number of rotatable bonds is 4. The molecule has 1 saturated heterocycles. The third kappa shape index (κ3) is 4.35. The Morgan fingerprint density at radius 2 is 2.04 bits per heavy atom. The van der Waals surface area contributed by atoms with Gasteiger partial charge < -0.3 is 15.0 Å². The second-order valence-corrected chi connectivity index (χ2v) is 6.62. The molecule has 2 aromatic rings. The molecule has 2 heterocycles. The van der Waals surface area contributed by atoms with Crippen LogP contribution in [0.4, 0.5) is 10.1 Å². The van der Waals surface area contributed by atoms with E-state index in [1.54, 1.807) is 19.1 Å². The summed E-state index contributed by atoms with van der Waals surface area (Å²) in [4.78, 5) is 22.2. The topological polar surface area (TPSA) is 67.4 Å². The Morgan fingerprint density at radius 1 is 1.31 bits per heavy atom. The minimum atomic E-state index is -0.309. The zero-order chi connectivity index (χ0) is 18.7. The number of hydrogen-bond acceptors (Lipinski definition) is 5. The van der Waals surface area contributed by atoms with Gasteiger partial charge in [-0.25, -0.2) is 14.4 Å². The van der Waals surface area contributed by atoms with Crippen LogP contribution in [0.15, 0.2) is 30.5 Å². The lowest BCUT2D eigenvalue weighted by Crippen LogP contribution is -2.45. The number of nitrogens with zero attached hydrogens (tertiary/aromatic N) is 3. The molecule has 7 heteroatoms. The van der Waals surface area contributed by atoms with Crippen molar-refractivity contribution in [3.8, 4) is 0 Å². The van der Waals surface area contributed by atoms with Crippen LogP contribution in [0.25, 0.3) is 0 Å². The molecule has 1 fully saturated rings. The summed E-state index contributed by atoms with van der Waals surface area (Å²) in [6, 6.07) is 6.60. The van der Waals surface area contributed by atoms with Gasteiger partial charge in [-0.05, 0) is 44.5 Å². The van der Waals surface area contributed by atoms with E-state index in [-0.39, 0.29) is 30.5 Å². The standard InChI is InChI=1S/C19H23FN4O2/c1-12-10-24(11-13(2)26-12)18-5-4-15(8-16(18)20)9-22-19(25)17-6-7-21-14(3)23-17/h4-8,12-13H,9-11H2,1-3H3,(H,22,25). The van der Waals surface area contributed by atoms with Gasteiger partial charge in [0.2, 0.25) is 0 Å². The predicted molar refractivity (Wildman–Crippen MR) is 96.6 cm³/mol. The molecule has 1 aliphatic heterocycles. The van der Waals surface area contributed by atoms with Crippen molar-refractivity contribution in [1.82, 2.24) is 15.3 Å². The molecule has 138 valence electrons. The van der Waals surface area contributed by atoms with Crippen LogP contribution in [0.3, 0.4) is 0 Å². The Morgan fingerprint density at radius 3 is 2.69 bits per heavy atom. The summed E-state index contributed by atoms with van der Waals surface area (Å²) < 4.78 is 20.3. The zero-order valence-corrected chi connectivity index (χ0v) is 15.2. The van der Waals surface area contributed by atoms with Crippen LogP contribution in [0.1, 0.15) is 35.7 Å². The van der Waals surface area contributed by atoms with E-state index in [1.807, 2.05) is 24.8 Å². The highest BCUT2D eigenvalue weighted by Gasteiger charge is 2.24. The van der Waals surface area contributed by atoms with Crippen molar-refractivity contribution in [3.05, 3.63) is 53.4 Å². The highest BCUT2D eigenvalue weighted by Crippen LogP contribution is 2.24. The van der Waals surface area contributed by atoms with Crippen molar-refractivity contribution < 1.29 is 13.9 Å². The number of carbonyl (C=O) groups is 1. The normalized spacial score (nSPS) is 20.1. The minimum absolute atomic E-state index is 0.0634. The maximum atomic E-state index is 14.6. The van der Waals surface area contributed by atoms with Gasteiger partial charge in [-0.3, -0.25) is 4.79 Å². The summed E-state index contributed by atoms with van der Waals surface area (Å²) >= 11 is 0. The van der Waals surface area contributed by atoms with E-state index in [0.717, 1.165) is 0 Å². The molecule has 1 aromatic carbocycles. The van der Waals surface area contributed by atoms with Gasteiger partial charge in [-0.2, -0.15) is 0 Å². The van der Waals surface area contributed by atoms with E-state index < -0.39 is 0 Å². The maximum absolute atomic E-state index is 14.6. The van der Waals surface area contributed by atoms with Gasteiger partial charge >= 0.3 is 0 Å². The van der Waals surface area contributed by atoms with Crippen molar-refractivity contribution >= 4 is 11.6 Å². The highest BCUT2D eigenvalue weighted by molar-refractivity contribution is 5.92. The van der Waals surface area contributed by atoms with E-state index in [1.165, 1.54) is 12.3 Å². The number of hydrogen-bond donors (Lipinski definition) is 1. The average molecular weight is 358 g/mol. The van der Waals surface area contributed by atoms with Crippen LogP contribution >= 0.6 is 0 Å². The second-order valence-electron chi connectivity index (χ2n) is 6.62. The molecule has 0 bridgehead atoms. The fourth-order valence-corrected chi connectivity index (χ4v) is 3.15. The van der Waals surface area contributed by atoms with Crippen molar-refractivity contribution in [2.45, 2.75) is 39.5 Å². The van der Waals surface area contributed by atoms with Gasteiger partial charge in [0.1, 0.15) is 17.3 Å². The molecular formula is C19H23FN4O2. The van der Waals surface area contributed by atoms with Crippen LogP contribution in [0.2, 0.25) is 0 Å². The van der Waals surface area contributed by atoms with Gasteiger partial charge in [0.25, 0.3) is 5.91 Å². The lowest BCUT2D eigenvalue weighted by Gasteiger charge is -2.37. The number of nitrogens with one attached hydrogen (secondary N) is 1. The molecule has 2 unspecified atom stereocenters. The molecule has 1 amide bonds. The number of benzene rings is 1. The Kier molecular flexibility index (Phi) is 5.46. The molecule has 1 aromatic heterocycles. The fraction of sp³-hybridized carbons (Fsp3) is 0.421. The summed E-state index contributed by atoms with van der Waals surface area (Å²) in [7, 11) is 0. The Balaban J connectivity index is 1.65. The number of ether oxygens (including phenoxy) is 1. The van der Waals surface area contributed by atoms with Gasteiger partial charge in [0.05, 0.1) is 17.9 Å². The van der Waals surface area contributed by atoms with Crippen LogP contribution in [0, 0.1) is 12.7 Å². The van der Waals surface area contributed by atoms with Crippen molar-refractivity contribution in [2.24, 2.45) is 0 Å². The molecule has 1 N–H and O–H groups in total. The first-order valence-electron chi connectivity index (χ1n) is 8.69. The summed E-state index contributed by atoms with van der Waals surface area (Å²) in [5.74, 6) is -0.0752. The molecule has 0 radical (unpaired) electrons. The van der Waals surface area contributed by atoms with E-state index in [4.69, 9.17) is 4.74 Å². The molecule has 0 saturated carbocycles. The Hall–Kier alpha value is -2.54. The molecule has 2 atom stereocenters. The largest absolute Gasteiger partial charge is 0.372 e. The summed E-state index contributed by atoms with van der Waals surface area (Å²) in [6.07, 6.45) is 1.66. The first-order valence-corrected chi connectivity index (χ1v) is 8.69. The molecule has 0 spiro atoms. The Bertz CT molecular complexity index is 789. The monoisotopic (exact) mass is 358 g/mol. The lowest BCUT2D eigenvalue weighted by atomic mass is 10.1. The number of amides is 1. The van der Waals surface area contributed by atoms with Crippen LogP contribution in [-0.2, 0) is 11.3 Å². The number of aromatic nitrogens is 2. The molecule has 6 nitrogen and oxygen atoms in total. The third-order valence-corrected chi connectivity index (χ3v) is 4.23. The lowest BCUT2D eigenvalue weighted by molar-refractivity contribution is -0.00539. The molecule has 26 heavy (non-hydrogen) atoms. The molecule has 1 aliphatic rings. The maximum Gasteiger partial charge on any atom is 0.270 e. The second kappa shape index (κ2) is 7.78. The predicted octanol–water partition coefficient (Wildman–Crippen LogP) is 2.47. The third-order valence-electron chi connectivity index (χ3n) is 4.23. The van der Waals surface area contributed by atoms with Crippen LogP contribution in [0.5, 0.6) is 0 Å². The first-order chi connectivity index (χ1) is 12.4. The van der Waals surface area contributed by atoms with Gasteiger partial charge in [-0.15, -0.1) is 0 Å². The zero-order valence-electron chi connectivity index (χ0n) is 15.2. The van der Waals surface area contributed by atoms with Crippen LogP contribution in [-0.4, -0.2) is 41.2 Å². The highest BCUT2D eigenvalue weighted by atomic mass is 19.1. The Labute approximate surface area is 152 Å². The first kappa shape index (κ1) is 18.3. The molecular weight excluding hydrogens is 335 g/mol. The number of anilines is 1. The van der Waals surface area contributed by atoms with Crippen molar-refractivity contribution in [3.63, 3.8) is 0 Å². The van der Waals surface area contributed by atoms with Crippen molar-refractivity contribution in [2.75, 3.05) is 18.0 Å².